The molecule has 1 heterocycles. The molecule has 4 heteroatoms. The van der Waals surface area contributed by atoms with Crippen LogP contribution in [0.25, 0.3) is 10.9 Å². The maximum atomic E-state index is 11.6. The molecule has 2 aromatic rings. The molecule has 0 radical (unpaired) electrons. The zero-order chi connectivity index (χ0) is 11.0. The van der Waals surface area contributed by atoms with Crippen LogP contribution in [-0.4, -0.2) is 4.57 Å². The smallest absolute Gasteiger partial charge is 0.189 e. The van der Waals surface area contributed by atoms with Gasteiger partial charge < -0.3 is 4.57 Å². The van der Waals surface area contributed by atoms with Crippen LogP contribution in [0.5, 0.6) is 0 Å². The Balaban J connectivity index is 3.10. The SMILES string of the molecule is Cn1ccc(=O)c2cc(S)cc(C#N)c21. The molecule has 0 bridgehead atoms. The third-order valence-corrected chi connectivity index (χ3v) is 2.54. The fourth-order valence-corrected chi connectivity index (χ4v) is 1.87. The van der Waals surface area contributed by atoms with Crippen molar-refractivity contribution in [2.75, 3.05) is 0 Å². The first-order valence-corrected chi connectivity index (χ1v) is 4.80. The molecule has 74 valence electrons. The standard InChI is InChI=1S/C11H8N2OS/c1-13-3-2-10(14)9-5-8(15)4-7(6-12)11(9)13/h2-5,15H,1H3. The van der Waals surface area contributed by atoms with E-state index in [1.54, 1.807) is 29.9 Å². The Morgan fingerprint density at radius 1 is 1.47 bits per heavy atom. The normalized spacial score (nSPS) is 10.2. The predicted molar refractivity (Wildman–Crippen MR) is 61.2 cm³/mol. The molecule has 3 nitrogen and oxygen atoms in total. The van der Waals surface area contributed by atoms with Crippen molar-refractivity contribution in [3.63, 3.8) is 0 Å². The number of pyridine rings is 1. The van der Waals surface area contributed by atoms with Crippen LogP contribution < -0.4 is 5.43 Å². The van der Waals surface area contributed by atoms with Gasteiger partial charge in [-0.3, -0.25) is 4.79 Å². The zero-order valence-electron chi connectivity index (χ0n) is 8.06. The molecular formula is C11H8N2OS. The maximum absolute atomic E-state index is 11.6. The Morgan fingerprint density at radius 2 is 2.20 bits per heavy atom. The number of rotatable bonds is 0. The van der Waals surface area contributed by atoms with Gasteiger partial charge in [-0.2, -0.15) is 5.26 Å². The summed E-state index contributed by atoms with van der Waals surface area (Å²) in [5.41, 5.74) is 1.04. The van der Waals surface area contributed by atoms with E-state index in [9.17, 15) is 4.79 Å². The van der Waals surface area contributed by atoms with E-state index in [4.69, 9.17) is 5.26 Å². The summed E-state index contributed by atoms with van der Waals surface area (Å²) >= 11 is 4.17. The van der Waals surface area contributed by atoms with Gasteiger partial charge in [-0.1, -0.05) is 0 Å². The van der Waals surface area contributed by atoms with Gasteiger partial charge in [0.2, 0.25) is 0 Å². The number of aryl methyl sites for hydroxylation is 1. The highest BCUT2D eigenvalue weighted by molar-refractivity contribution is 7.80. The molecule has 0 atom stereocenters. The lowest BCUT2D eigenvalue weighted by Crippen LogP contribution is -2.06. The lowest BCUT2D eigenvalue weighted by Gasteiger charge is -2.06. The molecule has 2 rings (SSSR count). The van der Waals surface area contributed by atoms with E-state index in [1.165, 1.54) is 6.07 Å². The molecule has 0 amide bonds. The molecule has 0 aliphatic rings. The van der Waals surface area contributed by atoms with Crippen LogP contribution in [0, 0.1) is 11.3 Å². The lowest BCUT2D eigenvalue weighted by molar-refractivity contribution is 0.947. The van der Waals surface area contributed by atoms with Gasteiger partial charge in [0, 0.05) is 29.6 Å². The third-order valence-electron chi connectivity index (χ3n) is 2.28. The van der Waals surface area contributed by atoms with Crippen LogP contribution >= 0.6 is 12.6 Å². The van der Waals surface area contributed by atoms with Gasteiger partial charge in [0.05, 0.1) is 11.1 Å². The summed E-state index contributed by atoms with van der Waals surface area (Å²) in [7, 11) is 1.81. The van der Waals surface area contributed by atoms with E-state index in [1.807, 2.05) is 0 Å². The number of hydrogen-bond acceptors (Lipinski definition) is 3. The van der Waals surface area contributed by atoms with Crippen molar-refractivity contribution >= 4 is 23.5 Å². The molecule has 0 aliphatic carbocycles. The Labute approximate surface area is 92.0 Å². The van der Waals surface area contributed by atoms with E-state index < -0.39 is 0 Å². The number of benzene rings is 1. The van der Waals surface area contributed by atoms with E-state index >= 15 is 0 Å². The average molecular weight is 216 g/mol. The molecule has 0 fully saturated rings. The number of nitriles is 1. The van der Waals surface area contributed by atoms with Crippen molar-refractivity contribution in [2.24, 2.45) is 7.05 Å². The van der Waals surface area contributed by atoms with E-state index in [0.29, 0.717) is 21.4 Å². The van der Waals surface area contributed by atoms with Gasteiger partial charge in [0.1, 0.15) is 6.07 Å². The van der Waals surface area contributed by atoms with Crippen molar-refractivity contribution in [3.05, 3.63) is 40.2 Å². The zero-order valence-corrected chi connectivity index (χ0v) is 8.95. The van der Waals surface area contributed by atoms with Crippen LogP contribution in [0.1, 0.15) is 5.56 Å². The van der Waals surface area contributed by atoms with Gasteiger partial charge >= 0.3 is 0 Å². The minimum absolute atomic E-state index is 0.0875. The van der Waals surface area contributed by atoms with Crippen molar-refractivity contribution in [3.8, 4) is 6.07 Å². The fourth-order valence-electron chi connectivity index (χ4n) is 1.62. The molecule has 0 aliphatic heterocycles. The summed E-state index contributed by atoms with van der Waals surface area (Å²) in [5.74, 6) is 0. The summed E-state index contributed by atoms with van der Waals surface area (Å²) in [6.45, 7) is 0. The van der Waals surface area contributed by atoms with Crippen molar-refractivity contribution in [1.82, 2.24) is 4.57 Å². The lowest BCUT2D eigenvalue weighted by atomic mass is 10.1. The first-order chi connectivity index (χ1) is 7.13. The van der Waals surface area contributed by atoms with Crippen LogP contribution in [0.2, 0.25) is 0 Å². The number of hydrogen-bond donors (Lipinski definition) is 1. The Bertz CT molecular complexity index is 637. The monoisotopic (exact) mass is 216 g/mol. The largest absolute Gasteiger partial charge is 0.349 e. The minimum atomic E-state index is -0.0875. The molecule has 0 saturated heterocycles. The fraction of sp³-hybridized carbons (Fsp3) is 0.0909. The highest BCUT2D eigenvalue weighted by Crippen LogP contribution is 2.19. The average Bonchev–Trinajstić information content (AvgIpc) is 2.22. The molecule has 1 aromatic heterocycles. The summed E-state index contributed by atoms with van der Waals surface area (Å²) in [6.07, 6.45) is 1.66. The predicted octanol–water partition coefficient (Wildman–Crippen LogP) is 1.70. The number of thiol groups is 1. The third kappa shape index (κ3) is 1.51. The molecule has 0 saturated carbocycles. The second kappa shape index (κ2) is 3.44. The van der Waals surface area contributed by atoms with Crippen LogP contribution in [0.15, 0.2) is 34.1 Å². The number of aromatic nitrogens is 1. The van der Waals surface area contributed by atoms with Crippen molar-refractivity contribution in [2.45, 2.75) is 4.90 Å². The Hall–Kier alpha value is -1.73. The van der Waals surface area contributed by atoms with Crippen LogP contribution in [0.3, 0.4) is 0 Å². The summed E-state index contributed by atoms with van der Waals surface area (Å²) in [4.78, 5) is 12.2. The first-order valence-electron chi connectivity index (χ1n) is 4.36. The van der Waals surface area contributed by atoms with E-state index in [0.717, 1.165) is 0 Å². The minimum Gasteiger partial charge on any atom is -0.349 e. The van der Waals surface area contributed by atoms with Crippen molar-refractivity contribution < 1.29 is 0 Å². The van der Waals surface area contributed by atoms with Crippen LogP contribution in [0.4, 0.5) is 0 Å². The molecule has 15 heavy (non-hydrogen) atoms. The molecule has 0 N–H and O–H groups in total. The van der Waals surface area contributed by atoms with Crippen molar-refractivity contribution in [1.29, 1.82) is 5.26 Å². The molecular weight excluding hydrogens is 208 g/mol. The molecule has 0 spiro atoms. The van der Waals surface area contributed by atoms with Gasteiger partial charge in [0.15, 0.2) is 5.43 Å². The van der Waals surface area contributed by atoms with Gasteiger partial charge in [-0.05, 0) is 12.1 Å². The topological polar surface area (TPSA) is 45.8 Å². The Morgan fingerprint density at radius 3 is 2.87 bits per heavy atom. The molecule has 0 unspecified atom stereocenters. The Kier molecular flexibility index (Phi) is 2.25. The second-order valence-electron chi connectivity index (χ2n) is 3.29. The van der Waals surface area contributed by atoms with E-state index in [2.05, 4.69) is 18.7 Å². The number of fused-ring (bicyclic) bond motifs is 1. The number of nitrogens with zero attached hydrogens (tertiary/aromatic N) is 2. The van der Waals surface area contributed by atoms with E-state index in [-0.39, 0.29) is 5.43 Å². The van der Waals surface area contributed by atoms with Gasteiger partial charge in [-0.15, -0.1) is 12.6 Å². The van der Waals surface area contributed by atoms with Gasteiger partial charge in [0.25, 0.3) is 0 Å². The highest BCUT2D eigenvalue weighted by Gasteiger charge is 2.07. The quantitative estimate of drug-likeness (QED) is 0.681. The summed E-state index contributed by atoms with van der Waals surface area (Å²) in [5, 5.41) is 9.51. The second-order valence-corrected chi connectivity index (χ2v) is 3.81. The maximum Gasteiger partial charge on any atom is 0.189 e. The van der Waals surface area contributed by atoms with Crippen LogP contribution in [-0.2, 0) is 7.05 Å². The first kappa shape index (κ1) is 9.81. The highest BCUT2D eigenvalue weighted by atomic mass is 32.1. The summed E-state index contributed by atoms with van der Waals surface area (Å²) in [6, 6.07) is 6.89. The van der Waals surface area contributed by atoms with Gasteiger partial charge in [-0.25, -0.2) is 0 Å². The molecule has 1 aromatic carbocycles. The summed E-state index contributed by atoms with van der Waals surface area (Å²) < 4.78 is 1.77.